The first kappa shape index (κ1) is 21.7. The molecule has 2 aromatic rings. The zero-order valence-corrected chi connectivity index (χ0v) is 18.9. The molecule has 2 atom stereocenters. The molecular weight excluding hydrogens is 414 g/mol. The lowest BCUT2D eigenvalue weighted by Crippen LogP contribution is -2.60. The summed E-state index contributed by atoms with van der Waals surface area (Å²) in [6, 6.07) is 13.3. The molecule has 1 unspecified atom stereocenters. The Bertz CT molecular complexity index is 1010. The summed E-state index contributed by atoms with van der Waals surface area (Å²) in [5.41, 5.74) is 0.985. The Morgan fingerprint density at radius 2 is 2.10 bits per heavy atom. The number of fused-ring (bicyclic) bond motifs is 2. The number of piperazine rings is 1. The van der Waals surface area contributed by atoms with E-state index in [1.54, 1.807) is 6.07 Å². The number of benzene rings is 2. The quantitative estimate of drug-likeness (QED) is 0.692. The second-order valence-electron chi connectivity index (χ2n) is 8.09. The fourth-order valence-electron chi connectivity index (χ4n) is 4.14. The van der Waals surface area contributed by atoms with Crippen molar-refractivity contribution >= 4 is 29.1 Å². The fraction of sp³-hybridized carbons (Fsp3) is 0.417. The highest BCUT2D eigenvalue weighted by molar-refractivity contribution is 6.31. The molecular formula is C24H28ClN3O3. The van der Waals surface area contributed by atoms with Crippen LogP contribution in [0.1, 0.15) is 32.8 Å². The average molecular weight is 442 g/mol. The predicted molar refractivity (Wildman–Crippen MR) is 123 cm³/mol. The second-order valence-corrected chi connectivity index (χ2v) is 8.53. The van der Waals surface area contributed by atoms with Crippen LogP contribution in [-0.4, -0.2) is 49.0 Å². The summed E-state index contributed by atoms with van der Waals surface area (Å²) in [6.45, 7) is 8.36. The van der Waals surface area contributed by atoms with Crippen molar-refractivity contribution in [1.82, 2.24) is 10.2 Å². The van der Waals surface area contributed by atoms with Crippen molar-refractivity contribution < 1.29 is 14.3 Å². The van der Waals surface area contributed by atoms with Gasteiger partial charge in [-0.05, 0) is 50.6 Å². The highest BCUT2D eigenvalue weighted by Crippen LogP contribution is 2.40. The van der Waals surface area contributed by atoms with Gasteiger partial charge in [0.25, 0.3) is 0 Å². The van der Waals surface area contributed by atoms with Crippen molar-refractivity contribution in [2.24, 2.45) is 10.4 Å². The Morgan fingerprint density at radius 1 is 1.29 bits per heavy atom. The van der Waals surface area contributed by atoms with Crippen LogP contribution in [0.3, 0.4) is 0 Å². The number of esters is 1. The predicted octanol–water partition coefficient (Wildman–Crippen LogP) is 4.78. The van der Waals surface area contributed by atoms with Gasteiger partial charge in [-0.15, -0.1) is 0 Å². The van der Waals surface area contributed by atoms with Crippen molar-refractivity contribution in [3.8, 4) is 11.5 Å². The standard InChI is InChI=1S/C24H28ClN3O3/c1-4-24(3,23(29)30-5-2)21-15-28(13-12-26-21)22-17-8-6-7-9-19(17)31-20-11-10-16(25)14-18(20)27-22/h6-11,14,21,26H,4-5,12-13,15H2,1-3H3/t21-,24?/m0/s1. The van der Waals surface area contributed by atoms with Crippen LogP contribution in [0.25, 0.3) is 0 Å². The Morgan fingerprint density at radius 3 is 2.87 bits per heavy atom. The summed E-state index contributed by atoms with van der Waals surface area (Å²) >= 11 is 6.24. The second kappa shape index (κ2) is 8.89. The zero-order valence-electron chi connectivity index (χ0n) is 18.2. The highest BCUT2D eigenvalue weighted by atomic mass is 35.5. The van der Waals surface area contributed by atoms with E-state index in [0.717, 1.165) is 30.2 Å². The normalized spacial score (nSPS) is 19.8. The van der Waals surface area contributed by atoms with E-state index in [2.05, 4.69) is 10.2 Å². The number of carbonyl (C=O) groups excluding carboxylic acids is 1. The number of ether oxygens (including phenoxy) is 2. The fourth-order valence-corrected chi connectivity index (χ4v) is 4.30. The van der Waals surface area contributed by atoms with Crippen LogP contribution in [0.15, 0.2) is 47.5 Å². The van der Waals surface area contributed by atoms with Crippen molar-refractivity contribution in [3.63, 3.8) is 0 Å². The molecule has 0 aromatic heterocycles. The molecule has 1 saturated heterocycles. The topological polar surface area (TPSA) is 63.2 Å². The molecule has 2 aromatic carbocycles. The van der Waals surface area contributed by atoms with E-state index < -0.39 is 5.41 Å². The lowest BCUT2D eigenvalue weighted by Gasteiger charge is -2.43. The van der Waals surface area contributed by atoms with Gasteiger partial charge in [-0.3, -0.25) is 4.79 Å². The Balaban J connectivity index is 1.72. The average Bonchev–Trinajstić information content (AvgIpc) is 2.95. The first-order valence-electron chi connectivity index (χ1n) is 10.8. The lowest BCUT2D eigenvalue weighted by molar-refractivity contribution is -0.157. The third-order valence-corrected chi connectivity index (χ3v) is 6.45. The number of para-hydroxylation sites is 1. The molecule has 1 N–H and O–H groups in total. The lowest BCUT2D eigenvalue weighted by atomic mass is 9.78. The summed E-state index contributed by atoms with van der Waals surface area (Å²) < 4.78 is 11.6. The van der Waals surface area contributed by atoms with E-state index in [0.29, 0.717) is 36.0 Å². The third-order valence-electron chi connectivity index (χ3n) is 6.22. The molecule has 6 nitrogen and oxygen atoms in total. The molecule has 0 bridgehead atoms. The van der Waals surface area contributed by atoms with Gasteiger partial charge in [-0.25, -0.2) is 4.99 Å². The molecule has 2 aliphatic rings. The van der Waals surface area contributed by atoms with Crippen molar-refractivity contribution in [1.29, 1.82) is 0 Å². The summed E-state index contributed by atoms with van der Waals surface area (Å²) in [6.07, 6.45) is 0.682. The number of hydrogen-bond donors (Lipinski definition) is 1. The minimum atomic E-state index is -0.628. The number of nitrogens with one attached hydrogen (secondary N) is 1. The largest absolute Gasteiger partial charge is 0.466 e. The molecule has 0 aliphatic carbocycles. The molecule has 0 saturated carbocycles. The molecule has 0 amide bonds. The number of halogens is 1. The number of rotatable bonds is 4. The summed E-state index contributed by atoms with van der Waals surface area (Å²) in [5.74, 6) is 2.08. The maximum atomic E-state index is 12.8. The number of nitrogens with zero attached hydrogens (tertiary/aromatic N) is 2. The van der Waals surface area contributed by atoms with Crippen LogP contribution in [0, 0.1) is 5.41 Å². The van der Waals surface area contributed by atoms with Gasteiger partial charge in [-0.2, -0.15) is 0 Å². The molecule has 7 heteroatoms. The monoisotopic (exact) mass is 441 g/mol. The zero-order chi connectivity index (χ0) is 22.0. The maximum absolute atomic E-state index is 12.8. The van der Waals surface area contributed by atoms with Gasteiger partial charge in [0.1, 0.15) is 17.3 Å². The van der Waals surface area contributed by atoms with E-state index in [1.165, 1.54) is 0 Å². The van der Waals surface area contributed by atoms with Gasteiger partial charge >= 0.3 is 5.97 Å². The molecule has 0 spiro atoms. The Labute approximate surface area is 188 Å². The minimum absolute atomic E-state index is 0.0665. The van der Waals surface area contributed by atoms with Crippen LogP contribution >= 0.6 is 11.6 Å². The summed E-state index contributed by atoms with van der Waals surface area (Å²) in [5, 5.41) is 4.14. The van der Waals surface area contributed by atoms with Crippen molar-refractivity contribution in [2.45, 2.75) is 33.2 Å². The molecule has 1 fully saturated rings. The third kappa shape index (κ3) is 4.14. The minimum Gasteiger partial charge on any atom is -0.466 e. The van der Waals surface area contributed by atoms with Gasteiger partial charge in [0.05, 0.1) is 17.6 Å². The van der Waals surface area contributed by atoms with Crippen LogP contribution in [-0.2, 0) is 9.53 Å². The van der Waals surface area contributed by atoms with E-state index in [1.807, 2.05) is 57.2 Å². The number of carbonyl (C=O) groups is 1. The van der Waals surface area contributed by atoms with Crippen molar-refractivity contribution in [2.75, 3.05) is 26.2 Å². The highest BCUT2D eigenvalue weighted by Gasteiger charge is 2.43. The van der Waals surface area contributed by atoms with E-state index >= 15 is 0 Å². The number of hydrogen-bond acceptors (Lipinski definition) is 6. The molecule has 2 aliphatic heterocycles. The summed E-state index contributed by atoms with van der Waals surface area (Å²) in [4.78, 5) is 20.0. The van der Waals surface area contributed by atoms with Crippen LogP contribution in [0.5, 0.6) is 11.5 Å². The molecule has 164 valence electrons. The van der Waals surface area contributed by atoms with E-state index in [4.69, 9.17) is 26.1 Å². The first-order valence-corrected chi connectivity index (χ1v) is 11.1. The first-order chi connectivity index (χ1) is 15.0. The van der Waals surface area contributed by atoms with Crippen LogP contribution in [0.2, 0.25) is 5.02 Å². The van der Waals surface area contributed by atoms with E-state index in [-0.39, 0.29) is 12.0 Å². The summed E-state index contributed by atoms with van der Waals surface area (Å²) in [7, 11) is 0. The SMILES string of the molecule is CCOC(=O)C(C)(CC)[C@@H]1CN(C2=Nc3cc(Cl)ccc3Oc3ccccc32)CCN1. The van der Waals surface area contributed by atoms with Crippen LogP contribution < -0.4 is 10.1 Å². The number of aliphatic imine (C=N–C) groups is 1. The Kier molecular flexibility index (Phi) is 6.21. The van der Waals surface area contributed by atoms with Gasteiger partial charge in [-0.1, -0.05) is 30.7 Å². The van der Waals surface area contributed by atoms with Gasteiger partial charge < -0.3 is 19.7 Å². The molecule has 2 heterocycles. The van der Waals surface area contributed by atoms with Crippen LogP contribution in [0.4, 0.5) is 5.69 Å². The number of amidine groups is 1. The molecule has 4 rings (SSSR count). The van der Waals surface area contributed by atoms with Gasteiger partial charge in [0, 0.05) is 30.7 Å². The molecule has 31 heavy (non-hydrogen) atoms. The molecule has 0 radical (unpaired) electrons. The van der Waals surface area contributed by atoms with E-state index in [9.17, 15) is 4.79 Å². The van der Waals surface area contributed by atoms with Crippen molar-refractivity contribution in [3.05, 3.63) is 53.1 Å². The maximum Gasteiger partial charge on any atom is 0.313 e. The smallest absolute Gasteiger partial charge is 0.313 e. The van der Waals surface area contributed by atoms with Gasteiger partial charge in [0.15, 0.2) is 5.75 Å². The van der Waals surface area contributed by atoms with Gasteiger partial charge in [0.2, 0.25) is 0 Å². The Hall–Kier alpha value is -2.57.